The van der Waals surface area contributed by atoms with E-state index in [0.29, 0.717) is 35.1 Å². The lowest BCUT2D eigenvalue weighted by Crippen LogP contribution is -2.20. The summed E-state index contributed by atoms with van der Waals surface area (Å²) in [5.74, 6) is 2.34. The predicted molar refractivity (Wildman–Crippen MR) is 78.3 cm³/mol. The number of aromatic nitrogens is 1. The second-order valence-corrected chi connectivity index (χ2v) is 5.97. The molecule has 0 unspecified atom stereocenters. The third-order valence-corrected chi connectivity index (χ3v) is 4.34. The van der Waals surface area contributed by atoms with Crippen LogP contribution in [-0.2, 0) is 13.5 Å². The molecule has 0 radical (unpaired) electrons. The lowest BCUT2D eigenvalue weighted by Gasteiger charge is -2.16. The van der Waals surface area contributed by atoms with Crippen molar-refractivity contribution >= 4 is 10.9 Å². The van der Waals surface area contributed by atoms with Crippen molar-refractivity contribution in [2.24, 2.45) is 13.0 Å². The summed E-state index contributed by atoms with van der Waals surface area (Å²) in [4.78, 5) is 12.8. The first-order chi connectivity index (χ1) is 10.1. The molecule has 1 aromatic heterocycles. The van der Waals surface area contributed by atoms with Gasteiger partial charge >= 0.3 is 0 Å². The van der Waals surface area contributed by atoms with Gasteiger partial charge in [0.15, 0.2) is 16.9 Å². The van der Waals surface area contributed by atoms with Crippen LogP contribution >= 0.6 is 0 Å². The summed E-state index contributed by atoms with van der Waals surface area (Å²) in [6.45, 7) is 4.40. The third-order valence-electron chi connectivity index (χ3n) is 4.34. The number of benzene rings is 1. The molecule has 0 saturated heterocycles. The summed E-state index contributed by atoms with van der Waals surface area (Å²) in [5.41, 5.74) is 1.56. The Kier molecular flexibility index (Phi) is 2.49. The molecule has 21 heavy (non-hydrogen) atoms. The quantitative estimate of drug-likeness (QED) is 0.807. The van der Waals surface area contributed by atoms with Gasteiger partial charge in [0.25, 0.3) is 0 Å². The second kappa shape index (κ2) is 4.16. The van der Waals surface area contributed by atoms with E-state index in [1.165, 1.54) is 0 Å². The van der Waals surface area contributed by atoms with E-state index in [1.54, 1.807) is 6.07 Å². The molecular weight excluding hydrogens is 270 g/mol. The molecule has 0 N–H and O–H groups in total. The molecule has 110 valence electrons. The van der Waals surface area contributed by atoms with Gasteiger partial charge in [0.1, 0.15) is 11.6 Å². The summed E-state index contributed by atoms with van der Waals surface area (Å²) in [7, 11) is 1.91. The maximum absolute atomic E-state index is 12.8. The molecule has 3 heterocycles. The van der Waals surface area contributed by atoms with Gasteiger partial charge in [-0.1, -0.05) is 13.8 Å². The first kappa shape index (κ1) is 12.6. The second-order valence-electron chi connectivity index (χ2n) is 5.97. The lowest BCUT2D eigenvalue weighted by molar-refractivity contribution is 0.167. The van der Waals surface area contributed by atoms with Gasteiger partial charge < -0.3 is 18.8 Å². The molecule has 0 saturated carbocycles. The van der Waals surface area contributed by atoms with Crippen molar-refractivity contribution < 1.29 is 14.2 Å². The number of fused-ring (bicyclic) bond motifs is 4. The van der Waals surface area contributed by atoms with Gasteiger partial charge in [-0.05, 0) is 18.1 Å². The van der Waals surface area contributed by atoms with Crippen molar-refractivity contribution in [3.8, 4) is 17.4 Å². The van der Waals surface area contributed by atoms with Crippen LogP contribution in [-0.4, -0.2) is 17.5 Å². The Morgan fingerprint density at radius 1 is 1.29 bits per heavy atom. The molecule has 0 fully saturated rings. The van der Waals surface area contributed by atoms with Crippen LogP contribution in [0.1, 0.15) is 19.4 Å². The molecule has 5 heteroatoms. The van der Waals surface area contributed by atoms with Crippen LogP contribution in [0.25, 0.3) is 10.9 Å². The van der Waals surface area contributed by atoms with E-state index in [0.717, 1.165) is 11.1 Å². The molecule has 0 bridgehead atoms. The number of hydrogen-bond donors (Lipinski definition) is 0. The van der Waals surface area contributed by atoms with Gasteiger partial charge in [-0.15, -0.1) is 0 Å². The summed E-state index contributed by atoms with van der Waals surface area (Å²) in [6, 6.07) is 3.61. The fraction of sp³-hybridized carbons (Fsp3) is 0.438. The molecule has 0 spiro atoms. The van der Waals surface area contributed by atoms with Crippen molar-refractivity contribution in [1.82, 2.24) is 4.57 Å². The fourth-order valence-electron chi connectivity index (χ4n) is 3.13. The molecule has 5 nitrogen and oxygen atoms in total. The maximum atomic E-state index is 12.8. The standard InChI is InChI=1S/C16H17NO4/c1-8(2)12-6-10-14(18)9-4-5-11-15(20-7-19-11)13(9)17(3)16(10)21-12/h4-5,8,12H,6-7H2,1-3H3/t12-/m1/s1. The van der Waals surface area contributed by atoms with Gasteiger partial charge in [0.05, 0.1) is 10.9 Å². The first-order valence-electron chi connectivity index (χ1n) is 7.18. The molecule has 4 rings (SSSR count). The zero-order valence-electron chi connectivity index (χ0n) is 12.3. The Labute approximate surface area is 122 Å². The molecule has 0 aliphatic carbocycles. The summed E-state index contributed by atoms with van der Waals surface area (Å²) in [6.07, 6.45) is 0.727. The van der Waals surface area contributed by atoms with Gasteiger partial charge in [-0.3, -0.25) is 4.79 Å². The SMILES string of the molecule is CC(C)[C@H]1Cc2c(n(C)c3c4c(ccc3c2=O)OCO4)O1. The Balaban J connectivity index is 2.04. The van der Waals surface area contributed by atoms with E-state index in [2.05, 4.69) is 13.8 Å². The highest BCUT2D eigenvalue weighted by Gasteiger charge is 2.32. The number of aryl methyl sites for hydroxylation is 1. The molecule has 2 aliphatic heterocycles. The normalized spacial score (nSPS) is 19.1. The van der Waals surface area contributed by atoms with E-state index in [-0.39, 0.29) is 18.3 Å². The molecule has 2 aliphatic rings. The summed E-state index contributed by atoms with van der Waals surface area (Å²) < 4.78 is 18.9. The van der Waals surface area contributed by atoms with Crippen LogP contribution in [0.15, 0.2) is 16.9 Å². The Morgan fingerprint density at radius 2 is 2.10 bits per heavy atom. The van der Waals surface area contributed by atoms with Crippen molar-refractivity contribution in [3.05, 3.63) is 27.9 Å². The third kappa shape index (κ3) is 1.60. The predicted octanol–water partition coefficient (Wildman–Crippen LogP) is 2.23. The van der Waals surface area contributed by atoms with E-state index in [9.17, 15) is 4.79 Å². The number of nitrogens with zero attached hydrogens (tertiary/aromatic N) is 1. The number of ether oxygens (including phenoxy) is 3. The van der Waals surface area contributed by atoms with E-state index in [4.69, 9.17) is 14.2 Å². The molecular formula is C16H17NO4. The van der Waals surface area contributed by atoms with Crippen LogP contribution < -0.4 is 19.6 Å². The minimum absolute atomic E-state index is 0.0413. The number of hydrogen-bond acceptors (Lipinski definition) is 4. The van der Waals surface area contributed by atoms with Gasteiger partial charge in [-0.2, -0.15) is 0 Å². The van der Waals surface area contributed by atoms with Crippen LogP contribution in [0.5, 0.6) is 17.4 Å². The number of rotatable bonds is 1. The van der Waals surface area contributed by atoms with Gasteiger partial charge in [0.2, 0.25) is 12.7 Å². The smallest absolute Gasteiger partial charge is 0.231 e. The Bertz CT molecular complexity index is 806. The summed E-state index contributed by atoms with van der Waals surface area (Å²) >= 11 is 0. The number of pyridine rings is 1. The Morgan fingerprint density at radius 3 is 2.86 bits per heavy atom. The zero-order valence-corrected chi connectivity index (χ0v) is 12.3. The van der Waals surface area contributed by atoms with Crippen LogP contribution in [0.2, 0.25) is 0 Å². The van der Waals surface area contributed by atoms with Crippen molar-refractivity contribution in [1.29, 1.82) is 0 Å². The zero-order chi connectivity index (χ0) is 14.7. The highest BCUT2D eigenvalue weighted by molar-refractivity contribution is 5.89. The largest absolute Gasteiger partial charge is 0.475 e. The lowest BCUT2D eigenvalue weighted by atomic mass is 10.0. The minimum Gasteiger partial charge on any atom is -0.475 e. The Hall–Kier alpha value is -2.17. The minimum atomic E-state index is 0.0413. The first-order valence-corrected chi connectivity index (χ1v) is 7.18. The maximum Gasteiger partial charge on any atom is 0.231 e. The highest BCUT2D eigenvalue weighted by Crippen LogP contribution is 2.41. The van der Waals surface area contributed by atoms with E-state index < -0.39 is 0 Å². The van der Waals surface area contributed by atoms with Crippen LogP contribution in [0, 0.1) is 5.92 Å². The molecule has 0 amide bonds. The van der Waals surface area contributed by atoms with Crippen molar-refractivity contribution in [2.45, 2.75) is 26.4 Å². The topological polar surface area (TPSA) is 49.7 Å². The molecule has 1 aromatic carbocycles. The van der Waals surface area contributed by atoms with Crippen LogP contribution in [0.4, 0.5) is 0 Å². The molecule has 2 aromatic rings. The van der Waals surface area contributed by atoms with Gasteiger partial charge in [0, 0.05) is 13.5 Å². The fourth-order valence-corrected chi connectivity index (χ4v) is 3.13. The van der Waals surface area contributed by atoms with Crippen molar-refractivity contribution in [3.63, 3.8) is 0 Å². The molecule has 1 atom stereocenters. The monoisotopic (exact) mass is 287 g/mol. The van der Waals surface area contributed by atoms with Crippen LogP contribution in [0.3, 0.4) is 0 Å². The van der Waals surface area contributed by atoms with Crippen molar-refractivity contribution in [2.75, 3.05) is 6.79 Å². The average molecular weight is 287 g/mol. The highest BCUT2D eigenvalue weighted by atomic mass is 16.7. The van der Waals surface area contributed by atoms with E-state index in [1.807, 2.05) is 17.7 Å². The summed E-state index contributed by atoms with van der Waals surface area (Å²) in [5, 5.41) is 0.661. The average Bonchev–Trinajstić information content (AvgIpc) is 3.10. The van der Waals surface area contributed by atoms with Gasteiger partial charge in [-0.25, -0.2) is 0 Å². The van der Waals surface area contributed by atoms with E-state index >= 15 is 0 Å².